The van der Waals surface area contributed by atoms with Crippen LogP contribution in [0.4, 0.5) is 0 Å². The second-order valence-electron chi connectivity index (χ2n) is 4.42. The van der Waals surface area contributed by atoms with Gasteiger partial charge in [-0.05, 0) is 56.1 Å². The van der Waals surface area contributed by atoms with Gasteiger partial charge in [0, 0.05) is 8.95 Å². The zero-order valence-corrected chi connectivity index (χ0v) is 16.7. The van der Waals surface area contributed by atoms with Crippen LogP contribution in [0.25, 0.3) is 0 Å². The number of nitrogens with one attached hydrogen (secondary N) is 1. The predicted molar refractivity (Wildman–Crippen MR) is 97.4 cm³/mol. The number of nitrogens with two attached hydrogens (primary N) is 1. The lowest BCUT2D eigenvalue weighted by Crippen LogP contribution is -2.37. The van der Waals surface area contributed by atoms with E-state index in [2.05, 4.69) is 36.3 Å². The molecule has 0 aliphatic heterocycles. The molecule has 0 spiro atoms. The average molecular weight is 497 g/mol. The van der Waals surface area contributed by atoms with E-state index in [9.17, 15) is 16.8 Å². The van der Waals surface area contributed by atoms with Crippen molar-refractivity contribution in [2.75, 3.05) is 0 Å². The molecule has 24 heavy (non-hydrogen) atoms. The Hall–Kier alpha value is -1.43. The summed E-state index contributed by atoms with van der Waals surface area (Å²) in [7, 11) is -8.26. The highest BCUT2D eigenvalue weighted by molar-refractivity contribution is 9.10. The summed E-state index contributed by atoms with van der Waals surface area (Å²) in [4.78, 5) is -0.227. The van der Waals surface area contributed by atoms with Gasteiger partial charge in [-0.25, -0.2) is 13.1 Å². The van der Waals surface area contributed by atoms with Crippen LogP contribution in [0.3, 0.4) is 0 Å². The van der Waals surface area contributed by atoms with Crippen LogP contribution in [-0.2, 0) is 20.0 Å². The molecule has 0 heterocycles. The first-order valence-electron chi connectivity index (χ1n) is 6.26. The largest absolute Gasteiger partial charge is 0.368 e. The van der Waals surface area contributed by atoms with Crippen LogP contribution in [0.15, 0.2) is 71.7 Å². The van der Waals surface area contributed by atoms with Crippen LogP contribution in [-0.4, -0.2) is 22.8 Å². The van der Waals surface area contributed by atoms with Crippen LogP contribution < -0.4 is 10.5 Å². The van der Waals surface area contributed by atoms with Crippen molar-refractivity contribution in [2.24, 2.45) is 10.1 Å². The van der Waals surface area contributed by atoms with E-state index in [4.69, 9.17) is 5.73 Å². The van der Waals surface area contributed by atoms with Gasteiger partial charge in [-0.3, -0.25) is 0 Å². The number of hydrogen-bond acceptors (Lipinski definition) is 4. The minimum atomic E-state index is -4.18. The molecule has 0 atom stereocenters. The van der Waals surface area contributed by atoms with E-state index in [1.54, 1.807) is 12.1 Å². The van der Waals surface area contributed by atoms with Crippen LogP contribution in [0.2, 0.25) is 0 Å². The van der Waals surface area contributed by atoms with Crippen molar-refractivity contribution in [1.82, 2.24) is 4.72 Å². The van der Waals surface area contributed by atoms with Crippen LogP contribution in [0, 0.1) is 0 Å². The van der Waals surface area contributed by atoms with Crippen molar-refractivity contribution in [3.8, 4) is 0 Å². The van der Waals surface area contributed by atoms with E-state index in [0.717, 1.165) is 0 Å². The van der Waals surface area contributed by atoms with Crippen molar-refractivity contribution in [1.29, 1.82) is 0 Å². The van der Waals surface area contributed by atoms with Crippen molar-refractivity contribution in [2.45, 2.75) is 9.79 Å². The van der Waals surface area contributed by atoms with Gasteiger partial charge in [0.2, 0.25) is 5.96 Å². The van der Waals surface area contributed by atoms with E-state index in [0.29, 0.717) is 4.47 Å². The Morgan fingerprint density at radius 3 is 1.83 bits per heavy atom. The molecule has 2 aromatic carbocycles. The monoisotopic (exact) mass is 495 g/mol. The van der Waals surface area contributed by atoms with Crippen molar-refractivity contribution in [3.05, 3.63) is 57.5 Å². The second-order valence-corrected chi connectivity index (χ2v) is 9.35. The molecule has 2 rings (SSSR count). The maximum absolute atomic E-state index is 12.2. The Balaban J connectivity index is 2.36. The van der Waals surface area contributed by atoms with Crippen LogP contribution >= 0.6 is 31.9 Å². The maximum Gasteiger partial charge on any atom is 0.286 e. The summed E-state index contributed by atoms with van der Waals surface area (Å²) >= 11 is 6.20. The Bertz CT molecular complexity index is 1010. The van der Waals surface area contributed by atoms with Gasteiger partial charge in [0.25, 0.3) is 20.0 Å². The van der Waals surface area contributed by atoms with Crippen molar-refractivity contribution < 1.29 is 16.8 Å². The number of rotatable bonds is 4. The molecule has 128 valence electrons. The van der Waals surface area contributed by atoms with Gasteiger partial charge < -0.3 is 5.73 Å². The van der Waals surface area contributed by atoms with Crippen molar-refractivity contribution >= 4 is 57.9 Å². The lowest BCUT2D eigenvalue weighted by Gasteiger charge is -2.09. The fourth-order valence-electron chi connectivity index (χ4n) is 1.71. The Morgan fingerprint density at radius 2 is 1.33 bits per heavy atom. The SMILES string of the molecule is NC(=NS(=O)(=O)c1ccccc1Br)NS(=O)(=O)c1ccccc1Br. The first-order chi connectivity index (χ1) is 11.1. The van der Waals surface area contributed by atoms with Gasteiger partial charge in [-0.1, -0.05) is 24.3 Å². The number of hydrogen-bond donors (Lipinski definition) is 2. The quantitative estimate of drug-likeness (QED) is 0.496. The van der Waals surface area contributed by atoms with Gasteiger partial charge in [0.05, 0.1) is 0 Å². The summed E-state index contributed by atoms with van der Waals surface area (Å²) in [6.45, 7) is 0. The van der Waals surface area contributed by atoms with E-state index in [1.807, 2.05) is 4.72 Å². The van der Waals surface area contributed by atoms with E-state index in [1.165, 1.54) is 36.4 Å². The van der Waals surface area contributed by atoms with Gasteiger partial charge in [0.1, 0.15) is 9.79 Å². The minimum absolute atomic E-state index is 0.0959. The lowest BCUT2D eigenvalue weighted by atomic mass is 10.4. The van der Waals surface area contributed by atoms with Gasteiger partial charge in [0.15, 0.2) is 0 Å². The number of benzene rings is 2. The summed E-state index contributed by atoms with van der Waals surface area (Å²) in [6.07, 6.45) is 0. The second kappa shape index (κ2) is 7.21. The van der Waals surface area contributed by atoms with Crippen LogP contribution in [0.5, 0.6) is 0 Å². The Labute approximate surface area is 156 Å². The number of sulfonamides is 2. The maximum atomic E-state index is 12.2. The molecule has 7 nitrogen and oxygen atoms in total. The molecule has 0 saturated carbocycles. The van der Waals surface area contributed by atoms with Crippen LogP contribution in [0.1, 0.15) is 0 Å². The number of nitrogens with zero attached hydrogens (tertiary/aromatic N) is 1. The minimum Gasteiger partial charge on any atom is -0.368 e. The summed E-state index contributed by atoms with van der Waals surface area (Å²) in [5, 5.41) is 0. The fourth-order valence-corrected chi connectivity index (χ4v) is 5.57. The molecule has 0 fully saturated rings. The Morgan fingerprint density at radius 1 is 0.875 bits per heavy atom. The molecule has 2 aromatic rings. The summed E-state index contributed by atoms with van der Waals surface area (Å²) < 4.78 is 54.8. The first-order valence-corrected chi connectivity index (χ1v) is 10.8. The fraction of sp³-hybridized carbons (Fsp3) is 0. The molecule has 0 radical (unpaired) electrons. The zero-order chi connectivity index (χ0) is 18.0. The molecule has 0 unspecified atom stereocenters. The first kappa shape index (κ1) is 18.9. The molecular formula is C13H11Br2N3O4S2. The summed E-state index contributed by atoms with van der Waals surface area (Å²) in [5.74, 6) is -0.762. The normalized spacial score (nSPS) is 12.8. The molecule has 0 bridgehead atoms. The molecule has 11 heteroatoms. The molecule has 0 aromatic heterocycles. The topological polar surface area (TPSA) is 119 Å². The number of guanidine groups is 1. The van der Waals surface area contributed by atoms with E-state index < -0.39 is 26.0 Å². The van der Waals surface area contributed by atoms with Crippen molar-refractivity contribution in [3.63, 3.8) is 0 Å². The van der Waals surface area contributed by atoms with E-state index >= 15 is 0 Å². The third-order valence-electron chi connectivity index (χ3n) is 2.70. The highest BCUT2D eigenvalue weighted by atomic mass is 79.9. The molecule has 0 aliphatic carbocycles. The molecule has 0 aliphatic rings. The van der Waals surface area contributed by atoms with Gasteiger partial charge in [-0.2, -0.15) is 8.42 Å². The summed E-state index contributed by atoms with van der Waals surface area (Å²) in [5.41, 5.74) is 5.47. The molecular weight excluding hydrogens is 486 g/mol. The molecule has 0 saturated heterocycles. The third-order valence-corrected chi connectivity index (χ3v) is 7.37. The Kier molecular flexibility index (Phi) is 5.68. The zero-order valence-electron chi connectivity index (χ0n) is 11.8. The standard InChI is InChI=1S/C13H11Br2N3O4S2/c14-9-5-1-3-7-11(9)23(19,20)17-13(16)18-24(21,22)12-8-4-2-6-10(12)15/h1-8H,(H3,16,17,18). The highest BCUT2D eigenvalue weighted by Crippen LogP contribution is 2.23. The van der Waals surface area contributed by atoms with Gasteiger partial charge in [-0.15, -0.1) is 4.40 Å². The average Bonchev–Trinajstić information content (AvgIpc) is 2.46. The lowest BCUT2D eigenvalue weighted by molar-refractivity contribution is 0.592. The highest BCUT2D eigenvalue weighted by Gasteiger charge is 2.21. The number of halogens is 2. The predicted octanol–water partition coefficient (Wildman–Crippen LogP) is 2.19. The molecule has 3 N–H and O–H groups in total. The third kappa shape index (κ3) is 4.35. The van der Waals surface area contributed by atoms with Gasteiger partial charge >= 0.3 is 0 Å². The summed E-state index contributed by atoms with van der Waals surface area (Å²) in [6, 6.07) is 12.0. The smallest absolute Gasteiger partial charge is 0.286 e. The molecule has 0 amide bonds. The van der Waals surface area contributed by atoms with E-state index in [-0.39, 0.29) is 14.3 Å².